The summed E-state index contributed by atoms with van der Waals surface area (Å²) in [5, 5.41) is 2.74. The van der Waals surface area contributed by atoms with Crippen molar-refractivity contribution in [3.8, 4) is 0 Å². The van der Waals surface area contributed by atoms with Gasteiger partial charge in [-0.25, -0.2) is 9.78 Å². The van der Waals surface area contributed by atoms with E-state index in [4.69, 9.17) is 0 Å². The fourth-order valence-corrected chi connectivity index (χ4v) is 4.20. The maximum atomic E-state index is 12.5. The Labute approximate surface area is 124 Å². The first kappa shape index (κ1) is 14.1. The second-order valence-corrected chi connectivity index (χ2v) is 6.82. The molecule has 2 aromatic rings. The van der Waals surface area contributed by atoms with Crippen LogP contribution < -0.4 is 5.32 Å². The van der Waals surface area contributed by atoms with Crippen molar-refractivity contribution < 1.29 is 13.7 Å². The number of amides is 1. The Hall–Kier alpha value is -1.89. The smallest absolute Gasteiger partial charge is 0.413 e. The van der Waals surface area contributed by atoms with Crippen molar-refractivity contribution in [2.75, 3.05) is 12.4 Å². The van der Waals surface area contributed by atoms with Crippen LogP contribution in [0.4, 0.5) is 10.7 Å². The highest BCUT2D eigenvalue weighted by molar-refractivity contribution is 7.85. The fourth-order valence-electron chi connectivity index (χ4n) is 2.62. The lowest BCUT2D eigenvalue weighted by Crippen LogP contribution is -2.11. The van der Waals surface area contributed by atoms with Crippen molar-refractivity contribution in [2.45, 2.75) is 35.8 Å². The standard InChI is InChI=1S/C14H17N3O3S/c1-20-14(18)17-13-15-11-7-6-10(8-12(11)16-13)21(19)9-4-2-3-5-9/h6-9H,2-5H2,1H3,(H2,15,16,17,18)/t21-/m0/s1. The molecule has 1 amide bonds. The van der Waals surface area contributed by atoms with E-state index < -0.39 is 16.9 Å². The lowest BCUT2D eigenvalue weighted by Gasteiger charge is -2.08. The molecule has 1 atom stereocenters. The predicted octanol–water partition coefficient (Wildman–Crippen LogP) is 2.79. The highest BCUT2D eigenvalue weighted by Crippen LogP contribution is 2.28. The van der Waals surface area contributed by atoms with Gasteiger partial charge in [-0.3, -0.25) is 9.53 Å². The number of nitrogens with one attached hydrogen (secondary N) is 2. The number of carbonyl (C=O) groups excluding carboxylic acids is 1. The van der Waals surface area contributed by atoms with Crippen LogP contribution in [-0.4, -0.2) is 32.6 Å². The van der Waals surface area contributed by atoms with E-state index in [9.17, 15) is 9.00 Å². The minimum Gasteiger partial charge on any atom is -0.453 e. The van der Waals surface area contributed by atoms with Crippen molar-refractivity contribution in [3.63, 3.8) is 0 Å². The largest absolute Gasteiger partial charge is 0.453 e. The zero-order chi connectivity index (χ0) is 14.8. The number of benzene rings is 1. The summed E-state index contributed by atoms with van der Waals surface area (Å²) in [4.78, 5) is 19.2. The second-order valence-electron chi connectivity index (χ2n) is 5.08. The summed E-state index contributed by atoms with van der Waals surface area (Å²) < 4.78 is 17.0. The number of hydrogen-bond acceptors (Lipinski definition) is 4. The number of hydrogen-bond donors (Lipinski definition) is 2. The molecular weight excluding hydrogens is 290 g/mol. The molecule has 7 heteroatoms. The van der Waals surface area contributed by atoms with E-state index in [0.29, 0.717) is 11.5 Å². The van der Waals surface area contributed by atoms with Crippen LogP contribution in [-0.2, 0) is 15.5 Å². The molecule has 1 heterocycles. The van der Waals surface area contributed by atoms with Crippen LogP contribution in [0.1, 0.15) is 25.7 Å². The normalized spacial score (nSPS) is 17.0. The molecule has 1 aliphatic rings. The molecule has 6 nitrogen and oxygen atoms in total. The first-order chi connectivity index (χ1) is 10.2. The van der Waals surface area contributed by atoms with Gasteiger partial charge in [0.2, 0.25) is 5.95 Å². The Balaban J connectivity index is 1.85. The second kappa shape index (κ2) is 5.85. The van der Waals surface area contributed by atoms with Crippen molar-refractivity contribution >= 4 is 33.9 Å². The summed E-state index contributed by atoms with van der Waals surface area (Å²) in [7, 11) is 0.315. The van der Waals surface area contributed by atoms with Crippen LogP contribution in [0.2, 0.25) is 0 Å². The number of nitrogens with zero attached hydrogens (tertiary/aromatic N) is 1. The third-order valence-corrected chi connectivity index (χ3v) is 5.49. The molecule has 1 aliphatic carbocycles. The monoisotopic (exact) mass is 307 g/mol. The van der Waals surface area contributed by atoms with Gasteiger partial charge in [-0.15, -0.1) is 0 Å². The molecule has 3 rings (SSSR count). The van der Waals surface area contributed by atoms with Crippen LogP contribution >= 0.6 is 0 Å². The zero-order valence-corrected chi connectivity index (χ0v) is 12.5. The average molecular weight is 307 g/mol. The van der Waals surface area contributed by atoms with Gasteiger partial charge in [-0.05, 0) is 31.0 Å². The van der Waals surface area contributed by atoms with E-state index in [2.05, 4.69) is 20.0 Å². The van der Waals surface area contributed by atoms with Gasteiger partial charge in [0.15, 0.2) is 0 Å². The summed E-state index contributed by atoms with van der Waals surface area (Å²) >= 11 is 0. The SMILES string of the molecule is COC(=O)Nc1nc2ccc([S@@](=O)C3CCCC3)cc2[nH]1. The van der Waals surface area contributed by atoms with E-state index in [-0.39, 0.29) is 5.25 Å². The highest BCUT2D eigenvalue weighted by atomic mass is 32.2. The summed E-state index contributed by atoms with van der Waals surface area (Å²) in [6.07, 6.45) is 3.81. The zero-order valence-electron chi connectivity index (χ0n) is 11.7. The first-order valence-electron chi connectivity index (χ1n) is 6.92. The minimum absolute atomic E-state index is 0.262. The average Bonchev–Trinajstić information content (AvgIpc) is 3.14. The number of methoxy groups -OCH3 is 1. The van der Waals surface area contributed by atoms with Crippen LogP contribution in [0.3, 0.4) is 0 Å². The summed E-state index contributed by atoms with van der Waals surface area (Å²) in [6, 6.07) is 5.51. The Bertz CT molecular complexity index is 692. The molecule has 2 N–H and O–H groups in total. The van der Waals surface area contributed by atoms with E-state index in [1.54, 1.807) is 0 Å². The van der Waals surface area contributed by atoms with Gasteiger partial charge in [0.25, 0.3) is 0 Å². The number of ether oxygens (including phenoxy) is 1. The Morgan fingerprint density at radius 3 is 2.90 bits per heavy atom. The molecule has 1 aromatic heterocycles. The molecule has 0 bridgehead atoms. The Morgan fingerprint density at radius 1 is 1.43 bits per heavy atom. The fraction of sp³-hybridized carbons (Fsp3) is 0.429. The number of rotatable bonds is 3. The number of carbonyl (C=O) groups is 1. The van der Waals surface area contributed by atoms with E-state index in [1.807, 2.05) is 18.2 Å². The Morgan fingerprint density at radius 2 is 2.19 bits per heavy atom. The van der Waals surface area contributed by atoms with E-state index in [0.717, 1.165) is 36.1 Å². The van der Waals surface area contributed by atoms with Gasteiger partial charge in [-0.1, -0.05) is 12.8 Å². The number of aromatic nitrogens is 2. The Kier molecular flexibility index (Phi) is 3.92. The maximum Gasteiger partial charge on any atom is 0.413 e. The van der Waals surface area contributed by atoms with Gasteiger partial charge < -0.3 is 9.72 Å². The van der Waals surface area contributed by atoms with Gasteiger partial charge in [0.05, 0.1) is 28.9 Å². The van der Waals surface area contributed by atoms with Crippen LogP contribution in [0, 0.1) is 0 Å². The topological polar surface area (TPSA) is 84.1 Å². The number of fused-ring (bicyclic) bond motifs is 1. The minimum atomic E-state index is -0.978. The predicted molar refractivity (Wildman–Crippen MR) is 80.8 cm³/mol. The summed E-state index contributed by atoms with van der Waals surface area (Å²) in [5.41, 5.74) is 1.47. The molecule has 1 aromatic carbocycles. The third kappa shape index (κ3) is 2.92. The molecule has 0 saturated heterocycles. The van der Waals surface area contributed by atoms with Crippen molar-refractivity contribution in [3.05, 3.63) is 18.2 Å². The summed E-state index contributed by atoms with van der Waals surface area (Å²) in [6.45, 7) is 0. The van der Waals surface area contributed by atoms with Gasteiger partial charge in [0.1, 0.15) is 0 Å². The molecule has 0 spiro atoms. The first-order valence-corrected chi connectivity index (χ1v) is 8.14. The van der Waals surface area contributed by atoms with Gasteiger partial charge >= 0.3 is 6.09 Å². The third-order valence-electron chi connectivity index (χ3n) is 3.70. The molecule has 0 radical (unpaired) electrons. The van der Waals surface area contributed by atoms with E-state index in [1.165, 1.54) is 7.11 Å². The lowest BCUT2D eigenvalue weighted by molar-refractivity contribution is 0.186. The van der Waals surface area contributed by atoms with Gasteiger partial charge in [0, 0.05) is 10.1 Å². The molecule has 1 fully saturated rings. The molecule has 21 heavy (non-hydrogen) atoms. The lowest BCUT2D eigenvalue weighted by atomic mass is 10.3. The van der Waals surface area contributed by atoms with Crippen LogP contribution in [0.5, 0.6) is 0 Å². The quantitative estimate of drug-likeness (QED) is 0.913. The van der Waals surface area contributed by atoms with Crippen molar-refractivity contribution in [2.24, 2.45) is 0 Å². The number of anilines is 1. The number of aromatic amines is 1. The van der Waals surface area contributed by atoms with Gasteiger partial charge in [-0.2, -0.15) is 0 Å². The maximum absolute atomic E-state index is 12.5. The van der Waals surface area contributed by atoms with Crippen LogP contribution in [0.25, 0.3) is 11.0 Å². The van der Waals surface area contributed by atoms with Crippen molar-refractivity contribution in [1.82, 2.24) is 9.97 Å². The molecule has 0 aliphatic heterocycles. The molecular formula is C14H17N3O3S. The van der Waals surface area contributed by atoms with Crippen molar-refractivity contribution in [1.29, 1.82) is 0 Å². The molecule has 0 unspecified atom stereocenters. The summed E-state index contributed by atoms with van der Waals surface area (Å²) in [5.74, 6) is 0.320. The van der Waals surface area contributed by atoms with E-state index >= 15 is 0 Å². The molecule has 1 saturated carbocycles. The number of H-pyrrole nitrogens is 1. The highest BCUT2D eigenvalue weighted by Gasteiger charge is 2.23. The number of imidazole rings is 1. The molecule has 112 valence electrons. The van der Waals surface area contributed by atoms with Crippen LogP contribution in [0.15, 0.2) is 23.1 Å².